The lowest BCUT2D eigenvalue weighted by molar-refractivity contribution is -0.391. The van der Waals surface area contributed by atoms with Gasteiger partial charge in [0.15, 0.2) is 23.2 Å². The number of alkyl halides is 4. The predicted octanol–water partition coefficient (Wildman–Crippen LogP) is 15.0. The van der Waals surface area contributed by atoms with E-state index in [0.29, 0.717) is 48.9 Å². The van der Waals surface area contributed by atoms with Crippen LogP contribution in [0.2, 0.25) is 0 Å². The van der Waals surface area contributed by atoms with Crippen LogP contribution in [0.15, 0.2) is 91.0 Å². The summed E-state index contributed by atoms with van der Waals surface area (Å²) < 4.78 is 70.9. The summed E-state index contributed by atoms with van der Waals surface area (Å²) in [6.07, 6.45) is -1.87. The summed E-state index contributed by atoms with van der Waals surface area (Å²) in [4.78, 5) is 47.9. The number of hydrogen-bond donors (Lipinski definition) is 3. The van der Waals surface area contributed by atoms with Crippen molar-refractivity contribution in [1.29, 1.82) is 0 Å². The van der Waals surface area contributed by atoms with E-state index in [9.17, 15) is 36.7 Å². The van der Waals surface area contributed by atoms with Crippen LogP contribution >= 0.6 is 0 Å². The zero-order valence-electron chi connectivity index (χ0n) is 50.2. The number of carbonyl (C=O) groups excluding carboxylic acids is 4. The third-order valence-corrected chi connectivity index (χ3v) is 13.8. The lowest BCUT2D eigenvalue weighted by Crippen LogP contribution is -2.52. The molecule has 5 aliphatic heterocycles. The second-order valence-corrected chi connectivity index (χ2v) is 24.4. The van der Waals surface area contributed by atoms with Crippen LogP contribution in [0.3, 0.4) is 0 Å². The standard InChI is InChI=1S/C14H19NO2.C14H19NO.C13H17NO2.C13H17NO.C12H12F4O2/c1-9(2)7-10-5-6-12-11(8-10)15-13(16)14(3,4)17-12;1-10(2)8-11-4-5-12-6-7-14(16)15(3)13(12)9-11;1-8(2)6-10-4-5-12-11(7-10)14-13(15)9(3)16-12;1-9(2)7-10-3-4-11-5-6-13(15)14-12(11)8-10;1-7(2)5-8-3-4-9-10(6-8)18-12(15,16)11(13,14)17-9/h5-6,8-9H,7H2,1-4H3,(H,15,16);4-5,9-10H,6-8H2,1-3H3;4-5,7-9H,6H2,1-3H3,(H,14,15);3-4,8-9H,5-7H2,1-2H3,(H,14,15);3-4,6-7H,5H2,1-2H3. The number of benzene rings is 5. The van der Waals surface area contributed by atoms with Crippen LogP contribution in [0.1, 0.15) is 142 Å². The molecular weight excluding hydrogens is 1050 g/mol. The summed E-state index contributed by atoms with van der Waals surface area (Å²) in [7, 11) is 1.87. The summed E-state index contributed by atoms with van der Waals surface area (Å²) in [5.41, 5.74) is 11.3. The first-order valence-corrected chi connectivity index (χ1v) is 28.7. The van der Waals surface area contributed by atoms with Crippen molar-refractivity contribution in [2.24, 2.45) is 29.6 Å². The maximum atomic E-state index is 13.0. The number of ether oxygens (including phenoxy) is 4. The van der Waals surface area contributed by atoms with Crippen molar-refractivity contribution in [2.45, 2.75) is 172 Å². The molecule has 3 N–H and O–H groups in total. The van der Waals surface area contributed by atoms with E-state index in [1.54, 1.807) is 31.7 Å². The Morgan fingerprint density at radius 2 is 0.915 bits per heavy atom. The van der Waals surface area contributed by atoms with Gasteiger partial charge in [-0.05, 0) is 183 Å². The van der Waals surface area contributed by atoms with Gasteiger partial charge in [-0.25, -0.2) is 0 Å². The Hall–Kier alpha value is -7.10. The van der Waals surface area contributed by atoms with Crippen molar-refractivity contribution in [1.82, 2.24) is 0 Å². The molecule has 5 aromatic rings. The van der Waals surface area contributed by atoms with Gasteiger partial charge < -0.3 is 39.8 Å². The van der Waals surface area contributed by atoms with Crippen molar-refractivity contribution in [3.63, 3.8) is 0 Å². The molecule has 4 amide bonds. The Morgan fingerprint density at radius 3 is 1.45 bits per heavy atom. The molecule has 5 aliphatic rings. The Morgan fingerprint density at radius 1 is 0.488 bits per heavy atom. The highest BCUT2D eigenvalue weighted by Gasteiger charge is 2.66. The second kappa shape index (κ2) is 27.3. The van der Waals surface area contributed by atoms with Gasteiger partial charge in [0.05, 0.1) is 11.4 Å². The second-order valence-electron chi connectivity index (χ2n) is 24.4. The molecule has 0 radical (unpaired) electrons. The van der Waals surface area contributed by atoms with Gasteiger partial charge in [0.1, 0.15) is 11.5 Å². The van der Waals surface area contributed by atoms with Gasteiger partial charge in [-0.3, -0.25) is 19.2 Å². The molecule has 1 atom stereocenters. The monoisotopic (exact) mass is 1140 g/mol. The number of hydrogen-bond acceptors (Lipinski definition) is 8. The number of fused-ring (bicyclic) bond motifs is 5. The maximum absolute atomic E-state index is 13.0. The zero-order chi connectivity index (χ0) is 60.4. The van der Waals surface area contributed by atoms with E-state index in [2.05, 4.69) is 129 Å². The number of halogens is 4. The van der Waals surface area contributed by atoms with Crippen molar-refractivity contribution in [3.8, 4) is 23.0 Å². The number of aryl methyl sites for hydroxylation is 2. The first kappa shape index (κ1) is 64.1. The van der Waals surface area contributed by atoms with Gasteiger partial charge in [0.2, 0.25) is 11.8 Å². The van der Waals surface area contributed by atoms with E-state index in [1.807, 2.05) is 45.2 Å². The zero-order valence-corrected chi connectivity index (χ0v) is 50.2. The lowest BCUT2D eigenvalue weighted by Gasteiger charge is -2.32. The van der Waals surface area contributed by atoms with Crippen LogP contribution in [0.25, 0.3) is 0 Å². The Bertz CT molecular complexity index is 3060. The lowest BCUT2D eigenvalue weighted by atomic mass is 9.96. The highest BCUT2D eigenvalue weighted by atomic mass is 19.3. The molecule has 82 heavy (non-hydrogen) atoms. The average Bonchev–Trinajstić information content (AvgIpc) is 3.56. The minimum atomic E-state index is -4.66. The fraction of sp³-hybridized carbons (Fsp3) is 0.485. The summed E-state index contributed by atoms with van der Waals surface area (Å²) in [5, 5.41) is 8.69. The van der Waals surface area contributed by atoms with Crippen LogP contribution < -0.4 is 39.8 Å². The normalized spacial score (nSPS) is 17.5. The van der Waals surface area contributed by atoms with E-state index in [4.69, 9.17) is 9.47 Å². The van der Waals surface area contributed by atoms with Crippen molar-refractivity contribution in [3.05, 3.63) is 130 Å². The number of rotatable bonds is 10. The molecule has 0 spiro atoms. The Balaban J connectivity index is 0.000000165. The minimum Gasteiger partial charge on any atom is -0.479 e. The van der Waals surface area contributed by atoms with Gasteiger partial charge >= 0.3 is 12.2 Å². The van der Waals surface area contributed by atoms with Crippen LogP contribution in [-0.4, -0.2) is 54.6 Å². The van der Waals surface area contributed by atoms with E-state index >= 15 is 0 Å². The third kappa shape index (κ3) is 17.7. The molecule has 444 valence electrons. The fourth-order valence-corrected chi connectivity index (χ4v) is 9.81. The largest absolute Gasteiger partial charge is 0.507 e. The number of anilines is 4. The van der Waals surface area contributed by atoms with E-state index in [-0.39, 0.29) is 35.1 Å². The molecule has 0 fully saturated rings. The van der Waals surface area contributed by atoms with Gasteiger partial charge in [-0.15, -0.1) is 0 Å². The number of nitrogens with one attached hydrogen (secondary N) is 3. The molecule has 0 saturated heterocycles. The molecule has 12 nitrogen and oxygen atoms in total. The molecule has 0 bridgehead atoms. The van der Waals surface area contributed by atoms with Crippen LogP contribution in [-0.2, 0) is 64.1 Å². The Labute approximate surface area is 482 Å². The number of carbonyl (C=O) groups is 4. The summed E-state index contributed by atoms with van der Waals surface area (Å²) >= 11 is 0. The van der Waals surface area contributed by atoms with Gasteiger partial charge in [0, 0.05) is 31.3 Å². The molecule has 0 saturated carbocycles. The third-order valence-electron chi connectivity index (χ3n) is 13.8. The van der Waals surface area contributed by atoms with E-state index in [1.165, 1.54) is 45.5 Å². The van der Waals surface area contributed by atoms with Gasteiger partial charge in [0.25, 0.3) is 11.8 Å². The predicted molar refractivity (Wildman–Crippen MR) is 317 cm³/mol. The molecule has 0 aliphatic carbocycles. The van der Waals surface area contributed by atoms with Gasteiger partial charge in [-0.1, -0.05) is 112 Å². The molecular formula is C66H84F4N4O8. The molecule has 1 unspecified atom stereocenters. The summed E-state index contributed by atoms with van der Waals surface area (Å²) in [6.45, 7) is 26.8. The van der Waals surface area contributed by atoms with Gasteiger partial charge in [-0.2, -0.15) is 17.6 Å². The van der Waals surface area contributed by atoms with Crippen molar-refractivity contribution < 1.29 is 55.7 Å². The van der Waals surface area contributed by atoms with Crippen molar-refractivity contribution >= 4 is 46.4 Å². The van der Waals surface area contributed by atoms with E-state index in [0.717, 1.165) is 78.3 Å². The molecule has 5 heterocycles. The molecule has 5 aromatic carbocycles. The highest BCUT2D eigenvalue weighted by Crippen LogP contribution is 2.47. The van der Waals surface area contributed by atoms with E-state index < -0.39 is 23.9 Å². The minimum absolute atomic E-state index is 0.0748. The first-order chi connectivity index (χ1) is 38.4. The molecule has 0 aromatic heterocycles. The van der Waals surface area contributed by atoms with Crippen molar-refractivity contribution in [2.75, 3.05) is 27.9 Å². The molecule has 10 rings (SSSR count). The summed E-state index contributed by atoms with van der Waals surface area (Å²) in [5.74, 6) is 3.82. The smallest absolute Gasteiger partial charge is 0.479 e. The Kier molecular flexibility index (Phi) is 21.3. The quantitative estimate of drug-likeness (QED) is 0.117. The topological polar surface area (TPSA) is 145 Å². The summed E-state index contributed by atoms with van der Waals surface area (Å²) in [6, 6.07) is 29.1. The molecule has 16 heteroatoms. The maximum Gasteiger partial charge on any atom is 0.507 e. The SMILES string of the molecule is CC(C)Cc1ccc2c(c1)N(C)C(=O)CC2.CC(C)Cc1ccc2c(c1)NC(=O)C(C)(C)O2.CC(C)Cc1ccc2c(c1)NC(=O)C(C)O2.CC(C)Cc1ccc2c(c1)NC(=O)CC2.CC(C)Cc1ccc2c(c1)OC(F)(F)C(F)(F)O2. The highest BCUT2D eigenvalue weighted by molar-refractivity contribution is 6.00. The average molecular weight is 1140 g/mol. The fourth-order valence-electron chi connectivity index (χ4n) is 9.81. The van der Waals surface area contributed by atoms with Crippen LogP contribution in [0.4, 0.5) is 40.3 Å². The first-order valence-electron chi connectivity index (χ1n) is 28.7. The van der Waals surface area contributed by atoms with Crippen LogP contribution in [0.5, 0.6) is 23.0 Å². The number of amides is 4. The number of nitrogens with zero attached hydrogens (tertiary/aromatic N) is 1. The van der Waals surface area contributed by atoms with Crippen LogP contribution in [0, 0.1) is 29.6 Å².